The molecule has 2 unspecified atom stereocenters. The summed E-state index contributed by atoms with van der Waals surface area (Å²) in [4.78, 5) is 22.1. The van der Waals surface area contributed by atoms with E-state index in [1.807, 2.05) is 0 Å². The summed E-state index contributed by atoms with van der Waals surface area (Å²) in [6, 6.07) is 8.65. The molecule has 0 radical (unpaired) electrons. The van der Waals surface area contributed by atoms with Gasteiger partial charge in [-0.3, -0.25) is 9.69 Å². The van der Waals surface area contributed by atoms with Gasteiger partial charge >= 0.3 is 0 Å². The van der Waals surface area contributed by atoms with Crippen LogP contribution in [0.4, 0.5) is 11.5 Å². The lowest BCUT2D eigenvalue weighted by atomic mass is 9.93. The molecule has 8 heteroatoms. The molecule has 2 atom stereocenters. The second kappa shape index (κ2) is 11.0. The first-order chi connectivity index (χ1) is 15.9. The fraction of sp³-hybridized carbons (Fsp3) is 0.520. The van der Waals surface area contributed by atoms with E-state index in [1.165, 1.54) is 6.42 Å². The average Bonchev–Trinajstić information content (AvgIpc) is 2.78. The standard InChI is InChI=1S/C25H32Cl2N4O2/c1-17-15-30(16-18(2)33-17)9-6-19-7-10-31(11-8-19)24-23(13-22(27)14-28-24)29-25(32)20-4-3-5-21(26)12-20/h3-5,12-14,17-19H,6-11,15-16H2,1-2H3,(H,29,32). The maximum Gasteiger partial charge on any atom is 0.255 e. The monoisotopic (exact) mass is 490 g/mol. The van der Waals surface area contributed by atoms with Gasteiger partial charge in [0.1, 0.15) is 0 Å². The van der Waals surface area contributed by atoms with Crippen LogP contribution in [0.15, 0.2) is 36.5 Å². The minimum atomic E-state index is -0.230. The lowest BCUT2D eigenvalue weighted by Gasteiger charge is -2.37. The van der Waals surface area contributed by atoms with Gasteiger partial charge in [0, 0.05) is 43.0 Å². The molecule has 4 rings (SSSR count). The van der Waals surface area contributed by atoms with Crippen LogP contribution in [0.25, 0.3) is 0 Å². The maximum absolute atomic E-state index is 12.8. The van der Waals surface area contributed by atoms with E-state index < -0.39 is 0 Å². The van der Waals surface area contributed by atoms with Crippen LogP contribution in [0.3, 0.4) is 0 Å². The number of carbonyl (C=O) groups is 1. The van der Waals surface area contributed by atoms with E-state index >= 15 is 0 Å². The highest BCUT2D eigenvalue weighted by molar-refractivity contribution is 6.31. The average molecular weight is 491 g/mol. The van der Waals surface area contributed by atoms with Gasteiger partial charge in [0.05, 0.1) is 22.9 Å². The van der Waals surface area contributed by atoms with Crippen molar-refractivity contribution in [2.45, 2.75) is 45.3 Å². The van der Waals surface area contributed by atoms with Gasteiger partial charge in [-0.1, -0.05) is 29.3 Å². The maximum atomic E-state index is 12.8. The molecule has 2 aromatic rings. The number of amides is 1. The summed E-state index contributed by atoms with van der Waals surface area (Å²) in [5.41, 5.74) is 1.13. The molecule has 1 amide bonds. The third-order valence-corrected chi connectivity index (χ3v) is 6.87. The fourth-order valence-electron chi connectivity index (χ4n) is 4.87. The van der Waals surface area contributed by atoms with Gasteiger partial charge in [-0.05, 0) is 69.8 Å². The Morgan fingerprint density at radius 3 is 2.55 bits per heavy atom. The molecule has 0 aliphatic carbocycles. The second-order valence-electron chi connectivity index (χ2n) is 9.23. The zero-order valence-electron chi connectivity index (χ0n) is 19.3. The number of carbonyl (C=O) groups excluding carboxylic acids is 1. The Kier molecular flexibility index (Phi) is 8.12. The highest BCUT2D eigenvalue weighted by atomic mass is 35.5. The number of hydrogen-bond donors (Lipinski definition) is 1. The molecule has 2 saturated heterocycles. The molecule has 33 heavy (non-hydrogen) atoms. The minimum absolute atomic E-state index is 0.230. The predicted molar refractivity (Wildman–Crippen MR) is 135 cm³/mol. The summed E-state index contributed by atoms with van der Waals surface area (Å²) in [6.07, 6.45) is 5.70. The summed E-state index contributed by atoms with van der Waals surface area (Å²) in [6.45, 7) is 9.31. The van der Waals surface area contributed by atoms with Crippen molar-refractivity contribution >= 4 is 40.6 Å². The number of nitrogens with one attached hydrogen (secondary N) is 1. The number of hydrogen-bond acceptors (Lipinski definition) is 5. The van der Waals surface area contributed by atoms with Crippen molar-refractivity contribution in [1.29, 1.82) is 0 Å². The van der Waals surface area contributed by atoms with E-state index in [0.717, 1.165) is 51.4 Å². The molecule has 2 aliphatic rings. The zero-order chi connectivity index (χ0) is 23.4. The Balaban J connectivity index is 1.35. The quantitative estimate of drug-likeness (QED) is 0.590. The van der Waals surface area contributed by atoms with Gasteiger partial charge in [0.25, 0.3) is 5.91 Å². The molecular weight excluding hydrogens is 459 g/mol. The SMILES string of the molecule is CC1CN(CCC2CCN(c3ncc(Cl)cc3NC(=O)c3cccc(Cl)c3)CC2)CC(C)O1. The molecule has 3 heterocycles. The Bertz CT molecular complexity index is 955. The lowest BCUT2D eigenvalue weighted by Crippen LogP contribution is -2.46. The normalized spacial score (nSPS) is 22.4. The van der Waals surface area contributed by atoms with E-state index in [-0.39, 0.29) is 5.91 Å². The van der Waals surface area contributed by atoms with Crippen LogP contribution in [0.1, 0.15) is 43.5 Å². The molecule has 1 aromatic carbocycles. The van der Waals surface area contributed by atoms with Gasteiger partial charge in [0.2, 0.25) is 0 Å². The largest absolute Gasteiger partial charge is 0.373 e. The van der Waals surface area contributed by atoms with Gasteiger partial charge in [0.15, 0.2) is 5.82 Å². The Morgan fingerprint density at radius 2 is 1.85 bits per heavy atom. The van der Waals surface area contributed by atoms with Gasteiger partial charge in [-0.25, -0.2) is 4.98 Å². The lowest BCUT2D eigenvalue weighted by molar-refractivity contribution is -0.0690. The van der Waals surface area contributed by atoms with Crippen LogP contribution in [0.2, 0.25) is 10.0 Å². The number of rotatable bonds is 6. The summed E-state index contributed by atoms with van der Waals surface area (Å²) in [5.74, 6) is 1.24. The summed E-state index contributed by atoms with van der Waals surface area (Å²) in [5, 5.41) is 3.99. The van der Waals surface area contributed by atoms with Crippen molar-refractivity contribution < 1.29 is 9.53 Å². The molecule has 0 spiro atoms. The Morgan fingerprint density at radius 1 is 1.12 bits per heavy atom. The van der Waals surface area contributed by atoms with Crippen LogP contribution >= 0.6 is 23.2 Å². The fourth-order valence-corrected chi connectivity index (χ4v) is 5.21. The number of ether oxygens (including phenoxy) is 1. The molecule has 0 bridgehead atoms. The molecular formula is C25H32Cl2N4O2. The minimum Gasteiger partial charge on any atom is -0.373 e. The number of halogens is 2. The predicted octanol–water partition coefficient (Wildman–Crippen LogP) is 5.36. The molecule has 1 N–H and O–H groups in total. The van der Waals surface area contributed by atoms with E-state index in [1.54, 1.807) is 36.5 Å². The van der Waals surface area contributed by atoms with E-state index in [2.05, 4.69) is 33.9 Å². The molecule has 1 aromatic heterocycles. The van der Waals surface area contributed by atoms with Crippen molar-refractivity contribution in [3.05, 3.63) is 52.1 Å². The van der Waals surface area contributed by atoms with Crippen LogP contribution in [-0.2, 0) is 4.74 Å². The summed E-state index contributed by atoms with van der Waals surface area (Å²) < 4.78 is 5.85. The number of anilines is 2. The van der Waals surface area contributed by atoms with Gasteiger partial charge in [-0.2, -0.15) is 0 Å². The number of benzene rings is 1. The van der Waals surface area contributed by atoms with Crippen molar-refractivity contribution in [1.82, 2.24) is 9.88 Å². The number of morpholine rings is 1. The van der Waals surface area contributed by atoms with Crippen molar-refractivity contribution in [2.24, 2.45) is 5.92 Å². The first-order valence-electron chi connectivity index (χ1n) is 11.7. The van der Waals surface area contributed by atoms with Crippen LogP contribution < -0.4 is 10.2 Å². The molecule has 2 fully saturated rings. The molecule has 6 nitrogen and oxygen atoms in total. The van der Waals surface area contributed by atoms with Gasteiger partial charge < -0.3 is 15.0 Å². The summed E-state index contributed by atoms with van der Waals surface area (Å²) >= 11 is 12.2. The van der Waals surface area contributed by atoms with Gasteiger partial charge in [-0.15, -0.1) is 0 Å². The van der Waals surface area contributed by atoms with Crippen LogP contribution in [-0.4, -0.2) is 60.7 Å². The number of aromatic nitrogens is 1. The molecule has 2 aliphatic heterocycles. The third-order valence-electron chi connectivity index (χ3n) is 6.43. The van der Waals surface area contributed by atoms with E-state index in [9.17, 15) is 4.79 Å². The van der Waals surface area contributed by atoms with Crippen LogP contribution in [0.5, 0.6) is 0 Å². The van der Waals surface area contributed by atoms with Crippen molar-refractivity contribution in [3.63, 3.8) is 0 Å². The topological polar surface area (TPSA) is 57.7 Å². The first kappa shape index (κ1) is 24.3. The molecule has 178 valence electrons. The number of pyridine rings is 1. The van der Waals surface area contributed by atoms with Crippen LogP contribution in [0, 0.1) is 5.92 Å². The third kappa shape index (κ3) is 6.60. The van der Waals surface area contributed by atoms with E-state index in [0.29, 0.717) is 39.4 Å². The highest BCUT2D eigenvalue weighted by Crippen LogP contribution is 2.31. The number of piperidine rings is 1. The van der Waals surface area contributed by atoms with E-state index in [4.69, 9.17) is 27.9 Å². The highest BCUT2D eigenvalue weighted by Gasteiger charge is 2.26. The van der Waals surface area contributed by atoms with Crippen molar-refractivity contribution in [3.8, 4) is 0 Å². The Labute approximate surface area is 206 Å². The number of nitrogens with zero attached hydrogens (tertiary/aromatic N) is 3. The zero-order valence-corrected chi connectivity index (χ0v) is 20.8. The van der Waals surface area contributed by atoms with Crippen molar-refractivity contribution in [2.75, 3.05) is 42.9 Å². The summed E-state index contributed by atoms with van der Waals surface area (Å²) in [7, 11) is 0. The Hall–Kier alpha value is -1.86. The molecule has 0 saturated carbocycles. The first-order valence-corrected chi connectivity index (χ1v) is 12.5. The smallest absolute Gasteiger partial charge is 0.255 e. The second-order valence-corrected chi connectivity index (χ2v) is 10.1.